The molecule has 11 nitrogen and oxygen atoms in total. The van der Waals surface area contributed by atoms with Crippen molar-refractivity contribution in [2.45, 2.75) is 51.2 Å². The van der Waals surface area contributed by atoms with Crippen molar-refractivity contribution in [3.63, 3.8) is 0 Å². The Bertz CT molecular complexity index is 535. The first-order valence-corrected chi connectivity index (χ1v) is 7.54. The van der Waals surface area contributed by atoms with Gasteiger partial charge in [0.05, 0.1) is 12.5 Å². The molecular formula is C14H24N4O7. The van der Waals surface area contributed by atoms with Crippen molar-refractivity contribution in [1.29, 1.82) is 0 Å². The number of amides is 3. The zero-order chi connectivity index (χ0) is 19.7. The number of nitrogens with one attached hydrogen (secondary N) is 2. The molecular weight excluding hydrogens is 336 g/mol. The van der Waals surface area contributed by atoms with E-state index in [-0.39, 0.29) is 18.8 Å². The SMILES string of the molecule is CC(C)C(N)C(=O)NC(CCC(N)=O)C(=O)NC(CC(=O)O)C(=O)O. The predicted octanol–water partition coefficient (Wildman–Crippen LogP) is -2.24. The van der Waals surface area contributed by atoms with E-state index < -0.39 is 54.2 Å². The summed E-state index contributed by atoms with van der Waals surface area (Å²) in [6, 6.07) is -3.88. The maximum Gasteiger partial charge on any atom is 0.326 e. The molecule has 0 aliphatic rings. The molecule has 0 aromatic heterocycles. The fourth-order valence-electron chi connectivity index (χ4n) is 1.77. The quantitative estimate of drug-likeness (QED) is 0.237. The molecule has 142 valence electrons. The number of carbonyl (C=O) groups excluding carboxylic acids is 3. The van der Waals surface area contributed by atoms with Crippen LogP contribution in [0.2, 0.25) is 0 Å². The molecule has 8 N–H and O–H groups in total. The van der Waals surface area contributed by atoms with Gasteiger partial charge in [-0.25, -0.2) is 4.79 Å². The average Bonchev–Trinajstić information content (AvgIpc) is 2.48. The van der Waals surface area contributed by atoms with Crippen molar-refractivity contribution < 1.29 is 34.2 Å². The number of carboxylic acids is 2. The van der Waals surface area contributed by atoms with Crippen molar-refractivity contribution in [3.05, 3.63) is 0 Å². The summed E-state index contributed by atoms with van der Waals surface area (Å²) in [6.07, 6.45) is -1.27. The Balaban J connectivity index is 5.13. The Kier molecular flexibility index (Phi) is 9.13. The van der Waals surface area contributed by atoms with Gasteiger partial charge in [0, 0.05) is 6.42 Å². The molecule has 3 amide bonds. The highest BCUT2D eigenvalue weighted by atomic mass is 16.4. The minimum Gasteiger partial charge on any atom is -0.481 e. The van der Waals surface area contributed by atoms with Crippen LogP contribution >= 0.6 is 0 Å². The van der Waals surface area contributed by atoms with Crippen molar-refractivity contribution in [2.24, 2.45) is 17.4 Å². The van der Waals surface area contributed by atoms with Gasteiger partial charge in [0.2, 0.25) is 17.7 Å². The number of carbonyl (C=O) groups is 5. The number of carboxylic acid groups (broad SMARTS) is 2. The molecule has 0 aliphatic carbocycles. The molecule has 3 atom stereocenters. The Labute approximate surface area is 144 Å². The van der Waals surface area contributed by atoms with Gasteiger partial charge < -0.3 is 32.3 Å². The van der Waals surface area contributed by atoms with Gasteiger partial charge in [-0.2, -0.15) is 0 Å². The standard InChI is InChI=1S/C14H24N4O7/c1-6(2)11(16)13(23)17-7(3-4-9(15)19)12(22)18-8(14(24)25)5-10(20)21/h6-8,11H,3-5,16H2,1-2H3,(H2,15,19)(H,17,23)(H,18,22)(H,20,21)(H,24,25). The number of primary amides is 1. The van der Waals surface area contributed by atoms with Crippen molar-refractivity contribution in [3.8, 4) is 0 Å². The number of hydrogen-bond donors (Lipinski definition) is 6. The predicted molar refractivity (Wildman–Crippen MR) is 85.0 cm³/mol. The molecule has 0 heterocycles. The lowest BCUT2D eigenvalue weighted by molar-refractivity contribution is -0.147. The van der Waals surface area contributed by atoms with E-state index in [1.807, 2.05) is 5.32 Å². The van der Waals surface area contributed by atoms with Crippen LogP contribution in [0.15, 0.2) is 0 Å². The Morgan fingerprint density at radius 3 is 1.88 bits per heavy atom. The second-order valence-corrected chi connectivity index (χ2v) is 5.83. The fourth-order valence-corrected chi connectivity index (χ4v) is 1.77. The molecule has 0 radical (unpaired) electrons. The Morgan fingerprint density at radius 2 is 1.48 bits per heavy atom. The van der Waals surface area contributed by atoms with Gasteiger partial charge in [0.25, 0.3) is 0 Å². The molecule has 3 unspecified atom stereocenters. The van der Waals surface area contributed by atoms with Gasteiger partial charge in [-0.15, -0.1) is 0 Å². The molecule has 0 aromatic carbocycles. The third kappa shape index (κ3) is 8.65. The van der Waals surface area contributed by atoms with Crippen LogP contribution < -0.4 is 22.1 Å². The normalized spacial score (nSPS) is 14.2. The summed E-state index contributed by atoms with van der Waals surface area (Å²) in [5, 5.41) is 22.0. The fraction of sp³-hybridized carbons (Fsp3) is 0.643. The van der Waals surface area contributed by atoms with Gasteiger partial charge in [-0.1, -0.05) is 13.8 Å². The van der Waals surface area contributed by atoms with Crippen LogP contribution in [-0.2, 0) is 24.0 Å². The van der Waals surface area contributed by atoms with E-state index in [4.69, 9.17) is 21.7 Å². The second kappa shape index (κ2) is 10.2. The first-order chi connectivity index (χ1) is 11.5. The number of hydrogen-bond acceptors (Lipinski definition) is 6. The summed E-state index contributed by atoms with van der Waals surface area (Å²) < 4.78 is 0. The lowest BCUT2D eigenvalue weighted by Crippen LogP contribution is -2.55. The number of rotatable bonds is 11. The second-order valence-electron chi connectivity index (χ2n) is 5.83. The van der Waals surface area contributed by atoms with Crippen LogP contribution in [0.4, 0.5) is 0 Å². The molecule has 11 heteroatoms. The van der Waals surface area contributed by atoms with Crippen molar-refractivity contribution in [1.82, 2.24) is 10.6 Å². The monoisotopic (exact) mass is 360 g/mol. The zero-order valence-electron chi connectivity index (χ0n) is 14.0. The molecule has 0 spiro atoms. The van der Waals surface area contributed by atoms with E-state index in [1.54, 1.807) is 13.8 Å². The van der Waals surface area contributed by atoms with Gasteiger partial charge in [-0.05, 0) is 12.3 Å². The maximum atomic E-state index is 12.2. The van der Waals surface area contributed by atoms with Crippen LogP contribution in [-0.4, -0.2) is 58.0 Å². The molecule has 0 saturated heterocycles. The summed E-state index contributed by atoms with van der Waals surface area (Å²) in [6.45, 7) is 3.38. The van der Waals surface area contributed by atoms with E-state index >= 15 is 0 Å². The van der Waals surface area contributed by atoms with Crippen LogP contribution in [0.25, 0.3) is 0 Å². The minimum absolute atomic E-state index is 0.183. The van der Waals surface area contributed by atoms with E-state index in [0.717, 1.165) is 0 Å². The molecule has 0 fully saturated rings. The third-order valence-electron chi connectivity index (χ3n) is 3.33. The maximum absolute atomic E-state index is 12.2. The molecule has 0 aliphatic heterocycles. The van der Waals surface area contributed by atoms with Crippen molar-refractivity contribution in [2.75, 3.05) is 0 Å². The highest BCUT2D eigenvalue weighted by molar-refractivity contribution is 5.93. The van der Waals surface area contributed by atoms with E-state index in [2.05, 4.69) is 5.32 Å². The molecule has 0 bridgehead atoms. The Morgan fingerprint density at radius 1 is 0.960 bits per heavy atom. The smallest absolute Gasteiger partial charge is 0.326 e. The highest BCUT2D eigenvalue weighted by Crippen LogP contribution is 2.04. The summed E-state index contributed by atoms with van der Waals surface area (Å²) in [5.74, 6) is -5.52. The van der Waals surface area contributed by atoms with Gasteiger partial charge >= 0.3 is 11.9 Å². The highest BCUT2D eigenvalue weighted by Gasteiger charge is 2.29. The lowest BCUT2D eigenvalue weighted by atomic mass is 10.0. The van der Waals surface area contributed by atoms with Crippen LogP contribution in [0.1, 0.15) is 33.1 Å². The van der Waals surface area contributed by atoms with E-state index in [0.29, 0.717) is 0 Å². The van der Waals surface area contributed by atoms with Crippen LogP contribution in [0, 0.1) is 5.92 Å². The number of nitrogens with two attached hydrogens (primary N) is 2. The summed E-state index contributed by atoms with van der Waals surface area (Å²) in [4.78, 5) is 56.8. The Hall–Kier alpha value is -2.69. The minimum atomic E-state index is -1.68. The zero-order valence-corrected chi connectivity index (χ0v) is 14.0. The molecule has 25 heavy (non-hydrogen) atoms. The van der Waals surface area contributed by atoms with Crippen LogP contribution in [0.3, 0.4) is 0 Å². The first kappa shape index (κ1) is 22.3. The van der Waals surface area contributed by atoms with Crippen LogP contribution in [0.5, 0.6) is 0 Å². The van der Waals surface area contributed by atoms with Gasteiger partial charge in [-0.3, -0.25) is 19.2 Å². The van der Waals surface area contributed by atoms with E-state index in [1.165, 1.54) is 0 Å². The van der Waals surface area contributed by atoms with Crippen molar-refractivity contribution >= 4 is 29.7 Å². The number of aliphatic carboxylic acids is 2. The van der Waals surface area contributed by atoms with Gasteiger partial charge in [0.15, 0.2) is 0 Å². The average molecular weight is 360 g/mol. The molecule has 0 saturated carbocycles. The summed E-state index contributed by atoms with van der Waals surface area (Å²) in [7, 11) is 0. The topological polar surface area (TPSA) is 202 Å². The van der Waals surface area contributed by atoms with Gasteiger partial charge in [0.1, 0.15) is 12.1 Å². The summed E-state index contributed by atoms with van der Waals surface area (Å²) in [5.41, 5.74) is 10.7. The first-order valence-electron chi connectivity index (χ1n) is 7.54. The lowest BCUT2D eigenvalue weighted by Gasteiger charge is -2.23. The molecule has 0 rings (SSSR count). The summed E-state index contributed by atoms with van der Waals surface area (Å²) >= 11 is 0. The van der Waals surface area contributed by atoms with E-state index in [9.17, 15) is 24.0 Å². The largest absolute Gasteiger partial charge is 0.481 e. The third-order valence-corrected chi connectivity index (χ3v) is 3.33. The molecule has 0 aromatic rings.